The van der Waals surface area contributed by atoms with E-state index in [1.165, 1.54) is 93.5 Å². The molecule has 0 saturated carbocycles. The maximum Gasteiger partial charge on any atom is 0.0721 e. The number of aromatic nitrogens is 1. The third kappa shape index (κ3) is 4.69. The normalized spacial score (nSPS) is 11.7. The molecule has 9 aromatic carbocycles. The second-order valence-electron chi connectivity index (χ2n) is 14.2. The molecule has 0 unspecified atom stereocenters. The molecule has 10 aromatic rings. The summed E-state index contributed by atoms with van der Waals surface area (Å²) in [6.07, 6.45) is 2.11. The first-order valence-electron chi connectivity index (χ1n) is 18.6. The summed E-state index contributed by atoms with van der Waals surface area (Å²) in [6, 6.07) is 70.8. The van der Waals surface area contributed by atoms with Gasteiger partial charge >= 0.3 is 0 Å². The molecule has 0 radical (unpaired) electrons. The topological polar surface area (TPSA) is 12.9 Å². The minimum atomic E-state index is 0.971. The van der Waals surface area contributed by atoms with Gasteiger partial charge in [-0.05, 0) is 106 Å². The van der Waals surface area contributed by atoms with Crippen molar-refractivity contribution in [1.29, 1.82) is 0 Å². The first-order valence-corrected chi connectivity index (χ1v) is 18.6. The van der Waals surface area contributed by atoms with E-state index in [9.17, 15) is 0 Å². The predicted molar refractivity (Wildman–Crippen MR) is 228 cm³/mol. The zero-order valence-electron chi connectivity index (χ0n) is 29.5. The molecule has 0 amide bonds. The van der Waals surface area contributed by atoms with Gasteiger partial charge in [0.15, 0.2) is 0 Å². The Morgan fingerprint density at radius 1 is 0.259 bits per heavy atom. The number of fused-ring (bicyclic) bond motifs is 11. The fourth-order valence-electron chi connectivity index (χ4n) is 8.92. The molecule has 1 aromatic heterocycles. The van der Waals surface area contributed by atoms with E-state index in [4.69, 9.17) is 4.98 Å². The van der Waals surface area contributed by atoms with Crippen LogP contribution in [0.2, 0.25) is 0 Å². The summed E-state index contributed by atoms with van der Waals surface area (Å²) in [5, 5.41) is 7.34. The van der Waals surface area contributed by atoms with Crippen molar-refractivity contribution in [2.24, 2.45) is 0 Å². The van der Waals surface area contributed by atoms with Gasteiger partial charge in [-0.25, -0.2) is 0 Å². The van der Waals surface area contributed by atoms with Crippen molar-refractivity contribution in [3.05, 3.63) is 200 Å². The largest absolute Gasteiger partial charge is 0.256 e. The average Bonchev–Trinajstić information content (AvgIpc) is 3.24. The monoisotopic (exact) mass is 683 g/mol. The van der Waals surface area contributed by atoms with E-state index in [1.54, 1.807) is 0 Å². The summed E-state index contributed by atoms with van der Waals surface area (Å²) in [6.45, 7) is 0. The maximum absolute atomic E-state index is 5.35. The minimum absolute atomic E-state index is 0.971. The molecular weight excluding hydrogens is 651 g/mol. The van der Waals surface area contributed by atoms with Crippen LogP contribution in [-0.4, -0.2) is 4.98 Å². The van der Waals surface area contributed by atoms with Gasteiger partial charge in [-0.15, -0.1) is 0 Å². The van der Waals surface area contributed by atoms with Gasteiger partial charge in [0.2, 0.25) is 0 Å². The number of rotatable bonds is 3. The predicted octanol–water partition coefficient (Wildman–Crippen LogP) is 14.5. The minimum Gasteiger partial charge on any atom is -0.256 e. The molecule has 1 aliphatic rings. The highest BCUT2D eigenvalue weighted by Gasteiger charge is 2.24. The van der Waals surface area contributed by atoms with E-state index in [0.29, 0.717) is 0 Å². The van der Waals surface area contributed by atoms with Crippen molar-refractivity contribution in [3.8, 4) is 78.0 Å². The Labute approximate surface area is 314 Å². The molecule has 0 bridgehead atoms. The maximum atomic E-state index is 5.35. The summed E-state index contributed by atoms with van der Waals surface area (Å²) >= 11 is 0. The molecule has 1 aliphatic carbocycles. The van der Waals surface area contributed by atoms with Crippen molar-refractivity contribution in [2.75, 3.05) is 0 Å². The van der Waals surface area contributed by atoms with Gasteiger partial charge in [0.1, 0.15) is 0 Å². The van der Waals surface area contributed by atoms with Crippen molar-refractivity contribution < 1.29 is 0 Å². The Kier molecular flexibility index (Phi) is 6.93. The molecule has 0 atom stereocenters. The smallest absolute Gasteiger partial charge is 0.0721 e. The van der Waals surface area contributed by atoms with E-state index < -0.39 is 0 Å². The van der Waals surface area contributed by atoms with E-state index >= 15 is 0 Å². The van der Waals surface area contributed by atoms with Crippen LogP contribution in [-0.2, 0) is 0 Å². The van der Waals surface area contributed by atoms with Crippen LogP contribution in [0.5, 0.6) is 0 Å². The summed E-state index contributed by atoms with van der Waals surface area (Å²) in [4.78, 5) is 5.35. The van der Waals surface area contributed by atoms with Crippen LogP contribution in [0.25, 0.3) is 110 Å². The lowest BCUT2D eigenvalue weighted by Crippen LogP contribution is -1.99. The van der Waals surface area contributed by atoms with Crippen LogP contribution in [0.1, 0.15) is 0 Å². The number of nitrogens with zero attached hydrogens (tertiary/aromatic N) is 1. The highest BCUT2D eigenvalue weighted by atomic mass is 14.7. The molecule has 1 heterocycles. The number of benzene rings is 9. The van der Waals surface area contributed by atoms with Gasteiger partial charge in [0, 0.05) is 17.3 Å². The quantitative estimate of drug-likeness (QED) is 0.169. The SMILES string of the molecule is c1cc(-c2cccc3ccccc23)cc(-c2c3ccccc3c(-c3cc4c(cn3)-c3ccccc3-c3ccccc3-c3ccccc3-4)c3ccccc23)c1. The fraction of sp³-hybridized carbons (Fsp3) is 0. The Morgan fingerprint density at radius 3 is 1.26 bits per heavy atom. The summed E-state index contributed by atoms with van der Waals surface area (Å²) in [5.74, 6) is 0. The van der Waals surface area contributed by atoms with E-state index in [1.807, 2.05) is 0 Å². The first kappa shape index (κ1) is 30.5. The fourth-order valence-corrected chi connectivity index (χ4v) is 8.92. The highest BCUT2D eigenvalue weighted by molar-refractivity contribution is 6.21. The first-order chi connectivity index (χ1) is 26.8. The Hall–Kier alpha value is -7.09. The van der Waals surface area contributed by atoms with Crippen LogP contribution < -0.4 is 0 Å². The molecule has 250 valence electrons. The lowest BCUT2D eigenvalue weighted by molar-refractivity contribution is 1.33. The summed E-state index contributed by atoms with van der Waals surface area (Å²) in [5.41, 5.74) is 16.7. The van der Waals surface area contributed by atoms with Gasteiger partial charge < -0.3 is 0 Å². The van der Waals surface area contributed by atoms with E-state index in [0.717, 1.165) is 16.8 Å². The Balaban J connectivity index is 1.17. The Bertz CT molecular complexity index is 3050. The number of hydrogen-bond donors (Lipinski definition) is 0. The molecule has 0 aliphatic heterocycles. The standard InChI is InChI=1S/C53H33N/c1-2-19-37-34(15-1)16-14-30-38(37)35-17-13-18-36(31-35)52-45-26-9-11-28-47(45)53(48-29-12-10-27-46(48)52)51-32-49-43-24-7-5-22-41(43)39-20-3-4-21-40(39)42-23-6-8-25-44(42)50(49)33-54-51/h1-33H. The van der Waals surface area contributed by atoms with Crippen LogP contribution in [0, 0.1) is 0 Å². The van der Waals surface area contributed by atoms with Crippen molar-refractivity contribution in [2.45, 2.75) is 0 Å². The zero-order chi connectivity index (χ0) is 35.6. The second-order valence-corrected chi connectivity index (χ2v) is 14.2. The third-order valence-electron chi connectivity index (χ3n) is 11.3. The van der Waals surface area contributed by atoms with Gasteiger partial charge in [0.25, 0.3) is 0 Å². The van der Waals surface area contributed by atoms with Crippen molar-refractivity contribution in [1.82, 2.24) is 4.98 Å². The third-order valence-corrected chi connectivity index (χ3v) is 11.3. The van der Waals surface area contributed by atoms with Crippen LogP contribution in [0.3, 0.4) is 0 Å². The van der Waals surface area contributed by atoms with Crippen LogP contribution in [0.15, 0.2) is 200 Å². The Morgan fingerprint density at radius 2 is 0.667 bits per heavy atom. The van der Waals surface area contributed by atoms with E-state index in [-0.39, 0.29) is 0 Å². The molecule has 0 N–H and O–H groups in total. The molecule has 54 heavy (non-hydrogen) atoms. The number of hydrogen-bond acceptors (Lipinski definition) is 1. The van der Waals surface area contributed by atoms with Gasteiger partial charge in [-0.2, -0.15) is 0 Å². The van der Waals surface area contributed by atoms with E-state index in [2.05, 4.69) is 200 Å². The summed E-state index contributed by atoms with van der Waals surface area (Å²) in [7, 11) is 0. The average molecular weight is 684 g/mol. The molecule has 0 fully saturated rings. The summed E-state index contributed by atoms with van der Waals surface area (Å²) < 4.78 is 0. The molecule has 0 saturated heterocycles. The zero-order valence-corrected chi connectivity index (χ0v) is 29.5. The molecule has 1 nitrogen and oxygen atoms in total. The van der Waals surface area contributed by atoms with Crippen LogP contribution >= 0.6 is 0 Å². The van der Waals surface area contributed by atoms with Gasteiger partial charge in [-0.1, -0.05) is 182 Å². The van der Waals surface area contributed by atoms with Crippen LogP contribution in [0.4, 0.5) is 0 Å². The van der Waals surface area contributed by atoms with Gasteiger partial charge in [-0.3, -0.25) is 4.98 Å². The molecule has 11 rings (SSSR count). The lowest BCUT2D eigenvalue weighted by atomic mass is 9.81. The number of pyridine rings is 1. The highest BCUT2D eigenvalue weighted by Crippen LogP contribution is 2.50. The molecular formula is C53H33N. The molecule has 1 heteroatoms. The van der Waals surface area contributed by atoms with Gasteiger partial charge in [0.05, 0.1) is 5.69 Å². The van der Waals surface area contributed by atoms with Crippen molar-refractivity contribution in [3.63, 3.8) is 0 Å². The second kappa shape index (κ2) is 12.3. The van der Waals surface area contributed by atoms with Crippen molar-refractivity contribution >= 4 is 32.3 Å². The lowest BCUT2D eigenvalue weighted by Gasteiger charge is -2.24. The molecule has 0 spiro atoms.